The summed E-state index contributed by atoms with van der Waals surface area (Å²) in [6, 6.07) is 16.4. The molecule has 0 saturated carbocycles. The van der Waals surface area contributed by atoms with Crippen LogP contribution in [0.15, 0.2) is 54.6 Å². The second-order valence-electron chi connectivity index (χ2n) is 4.53. The van der Waals surface area contributed by atoms with Crippen LogP contribution in [0.2, 0.25) is 5.02 Å². The van der Waals surface area contributed by atoms with Gasteiger partial charge in [0.15, 0.2) is 0 Å². The Morgan fingerprint density at radius 1 is 1.10 bits per heavy atom. The van der Waals surface area contributed by atoms with Crippen LogP contribution in [-0.2, 0) is 11.2 Å². The smallest absolute Gasteiger partial charge is 0.224 e. The molecule has 1 amide bonds. The third kappa shape index (κ3) is 4.37. The lowest BCUT2D eigenvalue weighted by Gasteiger charge is -2.12. The van der Waals surface area contributed by atoms with Gasteiger partial charge >= 0.3 is 0 Å². The largest absolute Gasteiger partial charge is 0.387 e. The van der Waals surface area contributed by atoms with Gasteiger partial charge in [-0.3, -0.25) is 4.79 Å². The van der Waals surface area contributed by atoms with E-state index in [2.05, 4.69) is 5.32 Å². The van der Waals surface area contributed by atoms with Crippen molar-refractivity contribution in [2.75, 3.05) is 6.54 Å². The maximum atomic E-state index is 11.8. The van der Waals surface area contributed by atoms with Gasteiger partial charge in [-0.05, 0) is 23.3 Å². The second kappa shape index (κ2) is 7.08. The molecule has 20 heavy (non-hydrogen) atoms. The molecule has 2 aromatic rings. The number of hydrogen-bond acceptors (Lipinski definition) is 2. The topological polar surface area (TPSA) is 49.3 Å². The van der Waals surface area contributed by atoms with Crippen molar-refractivity contribution in [3.63, 3.8) is 0 Å². The van der Waals surface area contributed by atoms with Gasteiger partial charge in [-0.25, -0.2) is 0 Å². The van der Waals surface area contributed by atoms with Crippen molar-refractivity contribution in [2.24, 2.45) is 0 Å². The summed E-state index contributed by atoms with van der Waals surface area (Å²) in [5.74, 6) is -0.107. The molecule has 1 atom stereocenters. The molecule has 0 aromatic heterocycles. The number of aliphatic hydroxyl groups is 1. The van der Waals surface area contributed by atoms with Crippen molar-refractivity contribution in [3.05, 3.63) is 70.7 Å². The molecule has 3 nitrogen and oxygen atoms in total. The first kappa shape index (κ1) is 14.6. The Labute approximate surface area is 123 Å². The number of rotatable bonds is 5. The third-order valence-electron chi connectivity index (χ3n) is 2.95. The van der Waals surface area contributed by atoms with Gasteiger partial charge in [0.2, 0.25) is 5.91 Å². The predicted octanol–water partition coefficient (Wildman–Crippen LogP) is 2.73. The van der Waals surface area contributed by atoms with Crippen LogP contribution in [0.3, 0.4) is 0 Å². The lowest BCUT2D eigenvalue weighted by molar-refractivity contribution is -0.120. The first-order chi connectivity index (χ1) is 9.65. The Hall–Kier alpha value is -1.84. The van der Waals surface area contributed by atoms with E-state index in [1.807, 2.05) is 30.3 Å². The normalized spacial score (nSPS) is 11.9. The quantitative estimate of drug-likeness (QED) is 0.889. The van der Waals surface area contributed by atoms with Crippen LogP contribution >= 0.6 is 11.6 Å². The maximum absolute atomic E-state index is 11.8. The van der Waals surface area contributed by atoms with E-state index in [1.54, 1.807) is 24.3 Å². The highest BCUT2D eigenvalue weighted by Gasteiger charge is 2.09. The molecule has 0 aliphatic heterocycles. The zero-order chi connectivity index (χ0) is 14.4. The van der Waals surface area contributed by atoms with Crippen LogP contribution < -0.4 is 5.32 Å². The minimum Gasteiger partial charge on any atom is -0.387 e. The van der Waals surface area contributed by atoms with Gasteiger partial charge in [-0.15, -0.1) is 0 Å². The molecule has 2 N–H and O–H groups in total. The van der Waals surface area contributed by atoms with Crippen LogP contribution in [-0.4, -0.2) is 17.6 Å². The van der Waals surface area contributed by atoms with E-state index in [9.17, 15) is 9.90 Å². The molecule has 0 radical (unpaired) electrons. The predicted molar refractivity (Wildman–Crippen MR) is 79.6 cm³/mol. The van der Waals surface area contributed by atoms with E-state index < -0.39 is 6.10 Å². The molecular weight excluding hydrogens is 274 g/mol. The Morgan fingerprint density at radius 2 is 1.75 bits per heavy atom. The van der Waals surface area contributed by atoms with Crippen LogP contribution in [0.5, 0.6) is 0 Å². The molecule has 0 aliphatic carbocycles. The molecule has 0 spiro atoms. The van der Waals surface area contributed by atoms with Crippen LogP contribution in [0.25, 0.3) is 0 Å². The number of halogens is 1. The molecule has 0 aliphatic rings. The van der Waals surface area contributed by atoms with Gasteiger partial charge in [0.1, 0.15) is 0 Å². The monoisotopic (exact) mass is 289 g/mol. The van der Waals surface area contributed by atoms with Gasteiger partial charge in [-0.2, -0.15) is 0 Å². The fraction of sp³-hybridized carbons (Fsp3) is 0.188. The number of nitrogens with one attached hydrogen (secondary N) is 1. The molecule has 0 bridgehead atoms. The number of hydrogen-bond donors (Lipinski definition) is 2. The van der Waals surface area contributed by atoms with E-state index >= 15 is 0 Å². The lowest BCUT2D eigenvalue weighted by atomic mass is 10.1. The van der Waals surface area contributed by atoms with Gasteiger partial charge in [0.05, 0.1) is 12.5 Å². The molecule has 1 unspecified atom stereocenters. The molecule has 0 heterocycles. The van der Waals surface area contributed by atoms with Crippen LogP contribution in [0.4, 0.5) is 0 Å². The van der Waals surface area contributed by atoms with E-state index in [1.165, 1.54) is 0 Å². The SMILES string of the molecule is O=C(Cc1ccccc1)NCC(O)c1ccc(Cl)cc1. The Kier molecular flexibility index (Phi) is 5.16. The maximum Gasteiger partial charge on any atom is 0.224 e. The van der Waals surface area contributed by atoms with Crippen molar-refractivity contribution >= 4 is 17.5 Å². The highest BCUT2D eigenvalue weighted by Crippen LogP contribution is 2.15. The fourth-order valence-corrected chi connectivity index (χ4v) is 1.98. The highest BCUT2D eigenvalue weighted by atomic mass is 35.5. The Balaban J connectivity index is 1.82. The van der Waals surface area contributed by atoms with E-state index in [0.717, 1.165) is 11.1 Å². The summed E-state index contributed by atoms with van der Waals surface area (Å²) in [7, 11) is 0. The zero-order valence-corrected chi connectivity index (χ0v) is 11.7. The summed E-state index contributed by atoms with van der Waals surface area (Å²) < 4.78 is 0. The van der Waals surface area contributed by atoms with Gasteiger partial charge in [0, 0.05) is 11.6 Å². The molecule has 2 aromatic carbocycles. The van der Waals surface area contributed by atoms with Gasteiger partial charge in [0.25, 0.3) is 0 Å². The minimum absolute atomic E-state index is 0.107. The highest BCUT2D eigenvalue weighted by molar-refractivity contribution is 6.30. The van der Waals surface area contributed by atoms with E-state index in [-0.39, 0.29) is 12.5 Å². The third-order valence-corrected chi connectivity index (χ3v) is 3.21. The van der Waals surface area contributed by atoms with Crippen molar-refractivity contribution in [1.29, 1.82) is 0 Å². The van der Waals surface area contributed by atoms with Gasteiger partial charge < -0.3 is 10.4 Å². The summed E-state index contributed by atoms with van der Waals surface area (Å²) in [5.41, 5.74) is 1.68. The Morgan fingerprint density at radius 3 is 2.40 bits per heavy atom. The summed E-state index contributed by atoms with van der Waals surface area (Å²) in [5, 5.41) is 13.3. The van der Waals surface area contributed by atoms with Crippen LogP contribution in [0, 0.1) is 0 Å². The summed E-state index contributed by atoms with van der Waals surface area (Å²) in [6.07, 6.45) is -0.416. The number of benzene rings is 2. The fourth-order valence-electron chi connectivity index (χ4n) is 1.86. The average molecular weight is 290 g/mol. The minimum atomic E-state index is -0.730. The molecule has 4 heteroatoms. The molecule has 104 valence electrons. The summed E-state index contributed by atoms with van der Waals surface area (Å²) in [6.45, 7) is 0.188. The number of amides is 1. The standard InChI is InChI=1S/C16H16ClNO2/c17-14-8-6-13(7-9-14)15(19)11-18-16(20)10-12-4-2-1-3-5-12/h1-9,15,19H,10-11H2,(H,18,20). The van der Waals surface area contributed by atoms with Crippen LogP contribution in [0.1, 0.15) is 17.2 Å². The molecule has 0 saturated heterocycles. The van der Waals surface area contributed by atoms with Crippen molar-refractivity contribution < 1.29 is 9.90 Å². The van der Waals surface area contributed by atoms with E-state index in [4.69, 9.17) is 11.6 Å². The Bertz CT molecular complexity index is 554. The molecular formula is C16H16ClNO2. The first-order valence-corrected chi connectivity index (χ1v) is 6.77. The lowest BCUT2D eigenvalue weighted by Crippen LogP contribution is -2.29. The van der Waals surface area contributed by atoms with Crippen molar-refractivity contribution in [2.45, 2.75) is 12.5 Å². The average Bonchev–Trinajstić information content (AvgIpc) is 2.46. The zero-order valence-electron chi connectivity index (χ0n) is 10.9. The number of carbonyl (C=O) groups is 1. The second-order valence-corrected chi connectivity index (χ2v) is 4.97. The van der Waals surface area contributed by atoms with Gasteiger partial charge in [-0.1, -0.05) is 54.1 Å². The number of carbonyl (C=O) groups excluding carboxylic acids is 1. The molecule has 2 rings (SSSR count). The van der Waals surface area contributed by atoms with Crippen molar-refractivity contribution in [1.82, 2.24) is 5.32 Å². The summed E-state index contributed by atoms with van der Waals surface area (Å²) in [4.78, 5) is 11.8. The molecule has 0 fully saturated rings. The summed E-state index contributed by atoms with van der Waals surface area (Å²) >= 11 is 5.78. The van der Waals surface area contributed by atoms with E-state index in [0.29, 0.717) is 11.4 Å². The first-order valence-electron chi connectivity index (χ1n) is 6.39. The van der Waals surface area contributed by atoms with Crippen molar-refractivity contribution in [3.8, 4) is 0 Å². The number of aliphatic hydroxyl groups excluding tert-OH is 1.